The molecule has 0 aliphatic heterocycles. The summed E-state index contributed by atoms with van der Waals surface area (Å²) in [5, 5.41) is 2.64. The summed E-state index contributed by atoms with van der Waals surface area (Å²) in [5.74, 6) is -4.34. The molecule has 0 fully saturated rings. The Balaban J connectivity index is 1.87. The fraction of sp³-hybridized carbons (Fsp3) is 0.0556. The number of nitrogens with two attached hydrogens (primary N) is 1. The average molecular weight is 391 g/mol. The highest BCUT2D eigenvalue weighted by molar-refractivity contribution is 7.16. The molecule has 0 aliphatic rings. The van der Waals surface area contributed by atoms with Gasteiger partial charge in [0, 0.05) is 28.1 Å². The van der Waals surface area contributed by atoms with Crippen LogP contribution in [0.5, 0.6) is 0 Å². The Bertz CT molecular complexity index is 1030. The number of nitrogens with zero attached hydrogens (tertiary/aromatic N) is 1. The molecule has 0 unspecified atom stereocenters. The van der Waals surface area contributed by atoms with Crippen LogP contribution in [0.4, 0.5) is 18.3 Å². The van der Waals surface area contributed by atoms with Gasteiger partial charge >= 0.3 is 0 Å². The van der Waals surface area contributed by atoms with Crippen molar-refractivity contribution in [3.63, 3.8) is 0 Å². The van der Waals surface area contributed by atoms with E-state index in [-0.39, 0.29) is 22.0 Å². The number of nitrogens with one attached hydrogen (secondary N) is 1. The van der Waals surface area contributed by atoms with Crippen LogP contribution in [0.1, 0.15) is 25.6 Å². The molecule has 0 saturated heterocycles. The first-order chi connectivity index (χ1) is 12.8. The highest BCUT2D eigenvalue weighted by Gasteiger charge is 2.20. The summed E-state index contributed by atoms with van der Waals surface area (Å²) < 4.78 is 41.0. The van der Waals surface area contributed by atoms with Crippen LogP contribution in [0, 0.1) is 24.4 Å². The monoisotopic (exact) mass is 391 g/mol. The molecule has 0 saturated carbocycles. The van der Waals surface area contributed by atoms with E-state index in [0.717, 1.165) is 11.3 Å². The zero-order valence-corrected chi connectivity index (χ0v) is 14.7. The van der Waals surface area contributed by atoms with Gasteiger partial charge in [0.15, 0.2) is 5.13 Å². The van der Waals surface area contributed by atoms with Crippen molar-refractivity contribution in [2.45, 2.75) is 6.92 Å². The SMILES string of the molecule is Cc1sc(NC(=O)c2ccc(C(N)=O)cc2)nc1-c1c(F)cc(F)cc1F. The molecule has 3 aromatic rings. The number of amides is 2. The van der Waals surface area contributed by atoms with E-state index in [0.29, 0.717) is 17.0 Å². The van der Waals surface area contributed by atoms with Crippen molar-refractivity contribution in [2.24, 2.45) is 5.73 Å². The number of hydrogen-bond acceptors (Lipinski definition) is 4. The summed E-state index contributed by atoms with van der Waals surface area (Å²) in [7, 11) is 0. The van der Waals surface area contributed by atoms with Crippen LogP contribution in [-0.4, -0.2) is 16.8 Å². The normalized spacial score (nSPS) is 10.7. The number of hydrogen-bond donors (Lipinski definition) is 2. The smallest absolute Gasteiger partial charge is 0.257 e. The van der Waals surface area contributed by atoms with Crippen LogP contribution >= 0.6 is 11.3 Å². The predicted molar refractivity (Wildman–Crippen MR) is 95.1 cm³/mol. The molecule has 0 atom stereocenters. The van der Waals surface area contributed by atoms with Gasteiger partial charge in [0.05, 0.1) is 11.3 Å². The molecule has 0 radical (unpaired) electrons. The lowest BCUT2D eigenvalue weighted by Crippen LogP contribution is -2.14. The molecule has 0 aliphatic carbocycles. The van der Waals surface area contributed by atoms with E-state index < -0.39 is 34.8 Å². The maximum atomic E-state index is 14.0. The van der Waals surface area contributed by atoms with Gasteiger partial charge in [0.25, 0.3) is 5.91 Å². The summed E-state index contributed by atoms with van der Waals surface area (Å²) in [5.41, 5.74) is 5.15. The number of thiazole rings is 1. The van der Waals surface area contributed by atoms with Crippen molar-refractivity contribution in [1.29, 1.82) is 0 Å². The average Bonchev–Trinajstić information content (AvgIpc) is 2.94. The quantitative estimate of drug-likeness (QED) is 0.708. The number of anilines is 1. The lowest BCUT2D eigenvalue weighted by Gasteiger charge is -2.04. The van der Waals surface area contributed by atoms with Gasteiger partial charge < -0.3 is 5.73 Å². The van der Waals surface area contributed by atoms with Crippen molar-refractivity contribution in [1.82, 2.24) is 4.98 Å². The molecule has 27 heavy (non-hydrogen) atoms. The van der Waals surface area contributed by atoms with Gasteiger partial charge in [-0.25, -0.2) is 18.2 Å². The second kappa shape index (κ2) is 7.20. The maximum absolute atomic E-state index is 14.0. The number of carbonyl (C=O) groups excluding carboxylic acids is 2. The van der Waals surface area contributed by atoms with Crippen molar-refractivity contribution in [3.05, 3.63) is 69.9 Å². The Kier molecular flexibility index (Phi) is 4.95. The summed E-state index contributed by atoms with van der Waals surface area (Å²) in [6.45, 7) is 1.58. The Labute approximate surface area is 155 Å². The van der Waals surface area contributed by atoms with Crippen molar-refractivity contribution < 1.29 is 22.8 Å². The Hall–Kier alpha value is -3.20. The Morgan fingerprint density at radius 1 is 1.04 bits per heavy atom. The summed E-state index contributed by atoms with van der Waals surface area (Å²) >= 11 is 1.02. The zero-order chi connectivity index (χ0) is 19.7. The van der Waals surface area contributed by atoms with Gasteiger partial charge in [-0.2, -0.15) is 0 Å². The second-order valence-electron chi connectivity index (χ2n) is 5.56. The van der Waals surface area contributed by atoms with E-state index in [9.17, 15) is 22.8 Å². The van der Waals surface area contributed by atoms with E-state index in [4.69, 9.17) is 5.73 Å². The fourth-order valence-corrected chi connectivity index (χ4v) is 3.22. The standard InChI is InChI=1S/C18H12F3N3O2S/c1-8-15(14-12(20)6-11(19)7-13(14)21)23-18(27-8)24-17(26)10-4-2-9(3-5-10)16(22)25/h2-7H,1H3,(H2,22,25)(H,23,24,26). The lowest BCUT2D eigenvalue weighted by molar-refractivity contribution is 0.0995. The fourth-order valence-electron chi connectivity index (χ4n) is 2.41. The first-order valence-corrected chi connectivity index (χ1v) is 8.41. The number of carbonyl (C=O) groups is 2. The number of halogens is 3. The molecule has 5 nitrogen and oxygen atoms in total. The van der Waals surface area contributed by atoms with Crippen molar-refractivity contribution >= 4 is 28.3 Å². The van der Waals surface area contributed by atoms with Gasteiger partial charge in [-0.3, -0.25) is 14.9 Å². The number of rotatable bonds is 4. The van der Waals surface area contributed by atoms with E-state index in [1.54, 1.807) is 6.92 Å². The van der Waals surface area contributed by atoms with Crippen LogP contribution in [0.3, 0.4) is 0 Å². The van der Waals surface area contributed by atoms with Gasteiger partial charge in [0.2, 0.25) is 5.91 Å². The molecule has 138 valence electrons. The minimum atomic E-state index is -1.08. The molecule has 1 aromatic heterocycles. The third-order valence-electron chi connectivity index (χ3n) is 3.69. The maximum Gasteiger partial charge on any atom is 0.257 e. The molecule has 3 N–H and O–H groups in total. The van der Waals surface area contributed by atoms with Gasteiger partial charge in [0.1, 0.15) is 17.5 Å². The molecular weight excluding hydrogens is 379 g/mol. The third-order valence-corrected chi connectivity index (χ3v) is 4.58. The van der Waals surface area contributed by atoms with E-state index in [1.807, 2.05) is 0 Å². The molecule has 0 spiro atoms. The van der Waals surface area contributed by atoms with Crippen LogP contribution in [0.2, 0.25) is 0 Å². The second-order valence-corrected chi connectivity index (χ2v) is 6.77. The highest BCUT2D eigenvalue weighted by Crippen LogP contribution is 2.34. The van der Waals surface area contributed by atoms with Gasteiger partial charge in [-0.1, -0.05) is 0 Å². The third kappa shape index (κ3) is 3.82. The number of benzene rings is 2. The number of aromatic nitrogens is 1. The first kappa shape index (κ1) is 18.6. The first-order valence-electron chi connectivity index (χ1n) is 7.60. The van der Waals surface area contributed by atoms with Crippen LogP contribution in [0.15, 0.2) is 36.4 Å². The molecule has 3 rings (SSSR count). The molecule has 2 aromatic carbocycles. The van der Waals surface area contributed by atoms with Crippen LogP contribution in [-0.2, 0) is 0 Å². The van der Waals surface area contributed by atoms with Gasteiger partial charge in [-0.15, -0.1) is 11.3 Å². The molecule has 9 heteroatoms. The summed E-state index contributed by atoms with van der Waals surface area (Å²) in [6.07, 6.45) is 0. The van der Waals surface area contributed by atoms with Crippen molar-refractivity contribution in [2.75, 3.05) is 5.32 Å². The van der Waals surface area contributed by atoms with Crippen molar-refractivity contribution in [3.8, 4) is 11.3 Å². The molecule has 1 heterocycles. The zero-order valence-electron chi connectivity index (χ0n) is 13.8. The Morgan fingerprint density at radius 2 is 1.59 bits per heavy atom. The van der Waals surface area contributed by atoms with Crippen LogP contribution in [0.25, 0.3) is 11.3 Å². The molecule has 2 amide bonds. The lowest BCUT2D eigenvalue weighted by atomic mass is 10.1. The summed E-state index contributed by atoms with van der Waals surface area (Å²) in [4.78, 5) is 27.8. The minimum Gasteiger partial charge on any atom is -0.366 e. The molecular formula is C18H12F3N3O2S. The topological polar surface area (TPSA) is 85.1 Å². The van der Waals surface area contributed by atoms with Crippen LogP contribution < -0.4 is 11.1 Å². The summed E-state index contributed by atoms with van der Waals surface area (Å²) in [6, 6.07) is 6.76. The largest absolute Gasteiger partial charge is 0.366 e. The Morgan fingerprint density at radius 3 is 2.15 bits per heavy atom. The highest BCUT2D eigenvalue weighted by atomic mass is 32.1. The number of primary amides is 1. The van der Waals surface area contributed by atoms with E-state index >= 15 is 0 Å². The number of aryl methyl sites for hydroxylation is 1. The van der Waals surface area contributed by atoms with E-state index in [1.165, 1.54) is 24.3 Å². The molecule has 0 bridgehead atoms. The van der Waals surface area contributed by atoms with E-state index in [2.05, 4.69) is 10.3 Å². The minimum absolute atomic E-state index is 0.0191. The predicted octanol–water partition coefficient (Wildman–Crippen LogP) is 3.89. The van der Waals surface area contributed by atoms with Gasteiger partial charge in [-0.05, 0) is 31.2 Å².